The minimum Gasteiger partial charge on any atom is -0.497 e. The lowest BCUT2D eigenvalue weighted by atomic mass is 9.98. The number of alkyl halides is 3. The summed E-state index contributed by atoms with van der Waals surface area (Å²) in [7, 11) is 4.13. The zero-order chi connectivity index (χ0) is 37.2. The molecular formula is C37H32ClF5N6O3. The summed E-state index contributed by atoms with van der Waals surface area (Å²) < 4.78 is 92.3. The standard InChI is InChI=1S/C37H32ClF5N6O3/c1-50-24-8-4-22(5-9-24)19-49(20-23-6-10-25(51-2)11-7-23)29-17-28(52-3)31(37(41,42)43)34(45-29)30-27(38)16-26-33(32(30)39)46-36(40)47-35(26)48-14-12-21(18-44)13-15-48/h4-11,16-17,21H,12-15,19-20H2,1-3H3. The molecule has 15 heteroatoms. The summed E-state index contributed by atoms with van der Waals surface area (Å²) in [4.78, 5) is 15.4. The Bertz CT molecular complexity index is 2070. The number of hydrogen-bond acceptors (Lipinski definition) is 9. The van der Waals surface area contributed by atoms with E-state index in [2.05, 4.69) is 21.0 Å². The number of hydrogen-bond donors (Lipinski definition) is 0. The molecule has 0 radical (unpaired) electrons. The van der Waals surface area contributed by atoms with Crippen LogP contribution in [0.3, 0.4) is 0 Å². The Kier molecular flexibility index (Phi) is 10.5. The SMILES string of the molecule is COc1ccc(CN(Cc2ccc(OC)cc2)c2cc(OC)c(C(F)(F)F)c(-c3c(Cl)cc4c(N5CCC(C#N)CC5)nc(F)nc4c3F)n2)cc1. The predicted octanol–water partition coefficient (Wildman–Crippen LogP) is 8.61. The van der Waals surface area contributed by atoms with Crippen LogP contribution in [-0.2, 0) is 19.3 Å². The number of halogens is 6. The molecule has 1 fully saturated rings. The average molecular weight is 739 g/mol. The Morgan fingerprint density at radius 2 is 1.44 bits per heavy atom. The van der Waals surface area contributed by atoms with E-state index in [1.54, 1.807) is 58.3 Å². The lowest BCUT2D eigenvalue weighted by Gasteiger charge is -2.31. The van der Waals surface area contributed by atoms with Crippen molar-refractivity contribution in [1.29, 1.82) is 5.26 Å². The van der Waals surface area contributed by atoms with E-state index < -0.39 is 51.2 Å². The predicted molar refractivity (Wildman–Crippen MR) is 186 cm³/mol. The van der Waals surface area contributed by atoms with Gasteiger partial charge < -0.3 is 24.0 Å². The molecular weight excluding hydrogens is 707 g/mol. The van der Waals surface area contributed by atoms with Crippen LogP contribution in [-0.4, -0.2) is 49.4 Å². The first-order chi connectivity index (χ1) is 24.9. The van der Waals surface area contributed by atoms with Gasteiger partial charge in [-0.25, -0.2) is 9.37 Å². The van der Waals surface area contributed by atoms with E-state index in [-0.39, 0.29) is 36.0 Å². The fourth-order valence-corrected chi connectivity index (χ4v) is 6.52. The first-order valence-corrected chi connectivity index (χ1v) is 16.5. The second kappa shape index (κ2) is 15.1. The van der Waals surface area contributed by atoms with Gasteiger partial charge in [-0.05, 0) is 54.3 Å². The summed E-state index contributed by atoms with van der Waals surface area (Å²) in [6, 6.07) is 18.8. The van der Waals surface area contributed by atoms with Crippen molar-refractivity contribution in [3.8, 4) is 34.6 Å². The number of nitriles is 1. The van der Waals surface area contributed by atoms with E-state index in [4.69, 9.17) is 25.8 Å². The summed E-state index contributed by atoms with van der Waals surface area (Å²) in [6.45, 7) is 0.967. The minimum atomic E-state index is -5.08. The van der Waals surface area contributed by atoms with Gasteiger partial charge in [0.1, 0.15) is 40.0 Å². The van der Waals surface area contributed by atoms with Gasteiger partial charge in [-0.2, -0.15) is 32.8 Å². The quantitative estimate of drug-likeness (QED) is 0.103. The summed E-state index contributed by atoms with van der Waals surface area (Å²) in [5.41, 5.74) is -2.01. The molecule has 0 N–H and O–H groups in total. The highest BCUT2D eigenvalue weighted by atomic mass is 35.5. The van der Waals surface area contributed by atoms with Crippen molar-refractivity contribution in [1.82, 2.24) is 15.0 Å². The van der Waals surface area contributed by atoms with Gasteiger partial charge in [0.05, 0.1) is 43.7 Å². The molecule has 0 aliphatic carbocycles. The Balaban J connectivity index is 1.54. The molecule has 52 heavy (non-hydrogen) atoms. The fourth-order valence-electron chi connectivity index (χ4n) is 6.24. The van der Waals surface area contributed by atoms with E-state index in [9.17, 15) is 22.8 Å². The Morgan fingerprint density at radius 3 is 1.94 bits per heavy atom. The Hall–Kier alpha value is -5.42. The smallest absolute Gasteiger partial charge is 0.422 e. The maximum Gasteiger partial charge on any atom is 0.422 e. The fraction of sp³-hybridized carbons (Fsp3) is 0.297. The largest absolute Gasteiger partial charge is 0.497 e. The molecule has 0 spiro atoms. The van der Waals surface area contributed by atoms with Crippen molar-refractivity contribution >= 4 is 34.1 Å². The molecule has 0 bridgehead atoms. The molecule has 3 heterocycles. The molecule has 1 saturated heterocycles. The molecule has 0 saturated carbocycles. The number of ether oxygens (including phenoxy) is 3. The van der Waals surface area contributed by atoms with E-state index in [1.807, 2.05) is 0 Å². The number of benzene rings is 3. The van der Waals surface area contributed by atoms with Gasteiger partial charge in [0.2, 0.25) is 0 Å². The number of aromatic nitrogens is 3. The Morgan fingerprint density at radius 1 is 0.865 bits per heavy atom. The summed E-state index contributed by atoms with van der Waals surface area (Å²) in [5.74, 6) is -0.900. The topological polar surface area (TPSA) is 96.6 Å². The maximum atomic E-state index is 16.7. The Labute approximate surface area is 301 Å². The zero-order valence-electron chi connectivity index (χ0n) is 28.3. The van der Waals surface area contributed by atoms with Crippen LogP contribution in [0.5, 0.6) is 17.2 Å². The number of rotatable bonds is 10. The van der Waals surface area contributed by atoms with Gasteiger partial charge in [-0.1, -0.05) is 35.9 Å². The second-order valence-electron chi connectivity index (χ2n) is 12.1. The number of anilines is 2. The minimum absolute atomic E-state index is 0.000346. The van der Waals surface area contributed by atoms with Crippen LogP contribution in [0.1, 0.15) is 29.5 Å². The van der Waals surface area contributed by atoms with Crippen LogP contribution in [0.15, 0.2) is 60.7 Å². The summed E-state index contributed by atoms with van der Waals surface area (Å²) >= 11 is 6.67. The highest BCUT2D eigenvalue weighted by Crippen LogP contribution is 2.47. The molecule has 5 aromatic rings. The molecule has 270 valence electrons. The zero-order valence-corrected chi connectivity index (χ0v) is 29.0. The number of fused-ring (bicyclic) bond motifs is 1. The van der Waals surface area contributed by atoms with E-state index >= 15 is 4.39 Å². The van der Waals surface area contributed by atoms with Crippen molar-refractivity contribution in [2.24, 2.45) is 5.92 Å². The number of nitrogens with zero attached hydrogens (tertiary/aromatic N) is 6. The lowest BCUT2D eigenvalue weighted by Crippen LogP contribution is -2.34. The van der Waals surface area contributed by atoms with Gasteiger partial charge in [0.25, 0.3) is 0 Å². The first kappa shape index (κ1) is 36.4. The first-order valence-electron chi connectivity index (χ1n) is 16.1. The van der Waals surface area contributed by atoms with Crippen LogP contribution >= 0.6 is 11.6 Å². The molecule has 1 aliphatic heterocycles. The second-order valence-corrected chi connectivity index (χ2v) is 12.5. The van der Waals surface area contributed by atoms with Crippen LogP contribution in [0.2, 0.25) is 5.02 Å². The highest BCUT2D eigenvalue weighted by Gasteiger charge is 2.41. The lowest BCUT2D eigenvalue weighted by molar-refractivity contribution is -0.138. The molecule has 0 amide bonds. The van der Waals surface area contributed by atoms with Crippen molar-refractivity contribution in [2.45, 2.75) is 32.1 Å². The molecule has 9 nitrogen and oxygen atoms in total. The van der Waals surface area contributed by atoms with Crippen LogP contribution in [0.25, 0.3) is 22.2 Å². The normalized spacial score (nSPS) is 13.6. The third-order valence-corrected chi connectivity index (χ3v) is 9.21. The van der Waals surface area contributed by atoms with Gasteiger partial charge in [0.15, 0.2) is 5.82 Å². The van der Waals surface area contributed by atoms with E-state index in [0.29, 0.717) is 37.4 Å². The van der Waals surface area contributed by atoms with Crippen molar-refractivity contribution < 1.29 is 36.2 Å². The van der Waals surface area contributed by atoms with Crippen LogP contribution < -0.4 is 24.0 Å². The molecule has 0 unspecified atom stereocenters. The third-order valence-electron chi connectivity index (χ3n) is 8.91. The number of piperidine rings is 1. The van der Waals surface area contributed by atoms with Gasteiger partial charge in [-0.15, -0.1) is 0 Å². The average Bonchev–Trinajstić information content (AvgIpc) is 3.14. The molecule has 0 atom stereocenters. The molecule has 1 aliphatic rings. The number of methoxy groups -OCH3 is 3. The summed E-state index contributed by atoms with van der Waals surface area (Å²) in [6.07, 6.45) is -5.43. The molecule has 2 aromatic heterocycles. The third kappa shape index (κ3) is 7.45. The van der Waals surface area contributed by atoms with Gasteiger partial charge >= 0.3 is 12.3 Å². The van der Waals surface area contributed by atoms with Crippen LogP contribution in [0, 0.1) is 29.1 Å². The van der Waals surface area contributed by atoms with Crippen molar-refractivity contribution in [3.05, 3.63) is 94.3 Å². The maximum absolute atomic E-state index is 16.7. The van der Waals surface area contributed by atoms with E-state index in [0.717, 1.165) is 24.3 Å². The van der Waals surface area contributed by atoms with Gasteiger partial charge in [-0.3, -0.25) is 0 Å². The highest BCUT2D eigenvalue weighted by molar-refractivity contribution is 6.34. The van der Waals surface area contributed by atoms with Crippen molar-refractivity contribution in [3.63, 3.8) is 0 Å². The van der Waals surface area contributed by atoms with Crippen LogP contribution in [0.4, 0.5) is 33.6 Å². The van der Waals surface area contributed by atoms with Gasteiger partial charge in [0, 0.05) is 43.5 Å². The molecule has 3 aromatic carbocycles. The van der Waals surface area contributed by atoms with Crippen molar-refractivity contribution in [2.75, 3.05) is 44.2 Å². The molecule has 6 rings (SSSR count). The number of pyridine rings is 1. The van der Waals surface area contributed by atoms with E-state index in [1.165, 1.54) is 20.3 Å². The summed E-state index contributed by atoms with van der Waals surface area (Å²) in [5, 5.41) is 8.88. The monoisotopic (exact) mass is 738 g/mol.